The van der Waals surface area contributed by atoms with Gasteiger partial charge in [-0.1, -0.05) is 12.1 Å². The van der Waals surface area contributed by atoms with Crippen molar-refractivity contribution in [2.75, 3.05) is 13.1 Å². The van der Waals surface area contributed by atoms with E-state index in [4.69, 9.17) is 0 Å². The number of nitrogens with zero attached hydrogens (tertiary/aromatic N) is 3. The minimum Gasteiger partial charge on any atom is -0.337 e. The Morgan fingerprint density at radius 3 is 2.86 bits per heavy atom. The molecule has 21 heavy (non-hydrogen) atoms. The monoisotopic (exact) mass is 291 g/mol. The second kappa shape index (κ2) is 5.56. The summed E-state index contributed by atoms with van der Waals surface area (Å²) in [5, 5.41) is 0. The van der Waals surface area contributed by atoms with E-state index in [-0.39, 0.29) is 0 Å². The van der Waals surface area contributed by atoms with Gasteiger partial charge in [-0.2, -0.15) is 0 Å². The molecule has 112 valence electrons. The number of hydrogen-bond acceptors (Lipinski definition) is 2. The minimum absolute atomic E-state index is 0.361. The summed E-state index contributed by atoms with van der Waals surface area (Å²) in [6.45, 7) is 4.15. The third kappa shape index (κ3) is 2.83. The molecule has 1 aliphatic rings. The molecule has 3 nitrogen and oxygen atoms in total. The first-order chi connectivity index (χ1) is 10.0. The molecule has 0 spiro atoms. The molecule has 0 aliphatic carbocycles. The van der Waals surface area contributed by atoms with Gasteiger partial charge in [-0.05, 0) is 26.0 Å². The summed E-state index contributed by atoms with van der Waals surface area (Å²) in [5.74, 6) is -0.0632. The first kappa shape index (κ1) is 14.2. The maximum Gasteiger partial charge on any atom is 0.163 e. The van der Waals surface area contributed by atoms with E-state index in [2.05, 4.69) is 14.5 Å². The topological polar surface area (TPSA) is 21.1 Å². The van der Waals surface area contributed by atoms with Crippen molar-refractivity contribution < 1.29 is 8.78 Å². The van der Waals surface area contributed by atoms with Crippen LogP contribution < -0.4 is 0 Å². The maximum atomic E-state index is 13.7. The number of aryl methyl sites for hydroxylation is 2. The quantitative estimate of drug-likeness (QED) is 0.867. The number of hydrogen-bond donors (Lipinski definition) is 0. The van der Waals surface area contributed by atoms with E-state index in [1.807, 2.05) is 20.2 Å². The minimum atomic E-state index is -0.775. The number of rotatable bonds is 3. The second-order valence-electron chi connectivity index (χ2n) is 5.79. The van der Waals surface area contributed by atoms with Crippen LogP contribution in [-0.2, 0) is 13.6 Å². The normalized spacial score (nSPS) is 19.3. The zero-order valence-corrected chi connectivity index (χ0v) is 12.3. The van der Waals surface area contributed by atoms with Crippen LogP contribution in [0.25, 0.3) is 0 Å². The largest absolute Gasteiger partial charge is 0.337 e. The highest BCUT2D eigenvalue weighted by Gasteiger charge is 2.27. The highest BCUT2D eigenvalue weighted by Crippen LogP contribution is 2.28. The zero-order valence-electron chi connectivity index (χ0n) is 12.3. The fourth-order valence-corrected chi connectivity index (χ4v) is 3.11. The van der Waals surface area contributed by atoms with Crippen molar-refractivity contribution in [3.8, 4) is 0 Å². The molecule has 5 heteroatoms. The third-order valence-electron chi connectivity index (χ3n) is 4.10. The van der Waals surface area contributed by atoms with Crippen LogP contribution in [0, 0.1) is 18.6 Å². The summed E-state index contributed by atoms with van der Waals surface area (Å²) >= 11 is 0. The van der Waals surface area contributed by atoms with Crippen LogP contribution in [-0.4, -0.2) is 27.5 Å². The lowest BCUT2D eigenvalue weighted by atomic mass is 10.1. The van der Waals surface area contributed by atoms with Crippen molar-refractivity contribution in [1.29, 1.82) is 0 Å². The van der Waals surface area contributed by atoms with Crippen LogP contribution in [0.2, 0.25) is 0 Å². The lowest BCUT2D eigenvalue weighted by Gasteiger charge is -2.16. The lowest BCUT2D eigenvalue weighted by molar-refractivity contribution is 0.317. The van der Waals surface area contributed by atoms with Crippen molar-refractivity contribution >= 4 is 0 Å². The molecular formula is C16H19F2N3. The number of aromatic nitrogens is 2. The Morgan fingerprint density at radius 2 is 2.14 bits per heavy atom. The highest BCUT2D eigenvalue weighted by molar-refractivity contribution is 5.19. The van der Waals surface area contributed by atoms with Crippen molar-refractivity contribution in [3.05, 3.63) is 53.1 Å². The molecule has 2 aromatic rings. The maximum absolute atomic E-state index is 13.7. The number of likely N-dealkylation sites (tertiary alicyclic amines) is 1. The van der Waals surface area contributed by atoms with Gasteiger partial charge in [0.25, 0.3) is 0 Å². The van der Waals surface area contributed by atoms with E-state index in [0.29, 0.717) is 18.0 Å². The van der Waals surface area contributed by atoms with Crippen LogP contribution in [0.1, 0.15) is 29.4 Å². The van der Waals surface area contributed by atoms with E-state index in [0.717, 1.165) is 37.1 Å². The molecule has 1 aliphatic heterocycles. The van der Waals surface area contributed by atoms with Crippen LogP contribution in [0.15, 0.2) is 24.4 Å². The summed E-state index contributed by atoms with van der Waals surface area (Å²) in [6.07, 6.45) is 3.02. The lowest BCUT2D eigenvalue weighted by Crippen LogP contribution is -2.21. The van der Waals surface area contributed by atoms with E-state index in [9.17, 15) is 8.78 Å². The number of halogens is 2. The van der Waals surface area contributed by atoms with Gasteiger partial charge in [-0.3, -0.25) is 4.90 Å². The Bertz CT molecular complexity index is 651. The molecule has 1 atom stereocenters. The van der Waals surface area contributed by atoms with Gasteiger partial charge in [-0.25, -0.2) is 13.8 Å². The molecule has 0 radical (unpaired) electrons. The molecule has 1 fully saturated rings. The predicted octanol–water partition coefficient (Wildman–Crippen LogP) is 3.00. The fourth-order valence-electron chi connectivity index (χ4n) is 3.11. The molecule has 2 heterocycles. The molecule has 0 saturated carbocycles. The summed E-state index contributed by atoms with van der Waals surface area (Å²) < 4.78 is 29.0. The first-order valence-electron chi connectivity index (χ1n) is 7.19. The van der Waals surface area contributed by atoms with Gasteiger partial charge >= 0.3 is 0 Å². The van der Waals surface area contributed by atoms with E-state index in [1.54, 1.807) is 12.1 Å². The van der Waals surface area contributed by atoms with Crippen LogP contribution in [0.5, 0.6) is 0 Å². The number of imidazole rings is 1. The van der Waals surface area contributed by atoms with Crippen molar-refractivity contribution in [3.63, 3.8) is 0 Å². The Labute approximate surface area is 123 Å². The molecule has 1 aromatic carbocycles. The van der Waals surface area contributed by atoms with Crippen molar-refractivity contribution in [2.45, 2.75) is 25.8 Å². The Hall–Kier alpha value is -1.75. The average Bonchev–Trinajstić information content (AvgIpc) is 3.01. The highest BCUT2D eigenvalue weighted by atomic mass is 19.2. The molecule has 0 unspecified atom stereocenters. The van der Waals surface area contributed by atoms with Gasteiger partial charge in [-0.15, -0.1) is 0 Å². The summed E-state index contributed by atoms with van der Waals surface area (Å²) in [7, 11) is 2.00. The van der Waals surface area contributed by atoms with E-state index >= 15 is 0 Å². The van der Waals surface area contributed by atoms with Gasteiger partial charge in [0.15, 0.2) is 11.6 Å². The van der Waals surface area contributed by atoms with Gasteiger partial charge in [0.05, 0.1) is 5.69 Å². The summed E-state index contributed by atoms with van der Waals surface area (Å²) in [5.41, 5.74) is 1.44. The summed E-state index contributed by atoms with van der Waals surface area (Å²) in [6, 6.07) is 4.36. The van der Waals surface area contributed by atoms with Gasteiger partial charge < -0.3 is 4.57 Å². The Balaban J connectivity index is 1.70. The Morgan fingerprint density at radius 1 is 1.33 bits per heavy atom. The molecule has 1 saturated heterocycles. The molecule has 3 rings (SSSR count). The van der Waals surface area contributed by atoms with Crippen LogP contribution in [0.3, 0.4) is 0 Å². The van der Waals surface area contributed by atoms with Crippen LogP contribution >= 0.6 is 0 Å². The zero-order chi connectivity index (χ0) is 15.0. The molecule has 0 amide bonds. The molecule has 0 bridgehead atoms. The first-order valence-corrected chi connectivity index (χ1v) is 7.19. The van der Waals surface area contributed by atoms with Gasteiger partial charge in [0, 0.05) is 37.8 Å². The predicted molar refractivity (Wildman–Crippen MR) is 76.9 cm³/mol. The molecular weight excluding hydrogens is 272 g/mol. The smallest absolute Gasteiger partial charge is 0.163 e. The third-order valence-corrected chi connectivity index (χ3v) is 4.10. The van der Waals surface area contributed by atoms with Crippen molar-refractivity contribution in [2.24, 2.45) is 7.05 Å². The SMILES string of the molecule is Cc1cn(C)c([C@H]2CCN(Cc3cccc(F)c3F)C2)n1. The van der Waals surface area contributed by atoms with E-state index < -0.39 is 11.6 Å². The van der Waals surface area contributed by atoms with Gasteiger partial charge in [0.1, 0.15) is 5.82 Å². The van der Waals surface area contributed by atoms with Crippen molar-refractivity contribution in [1.82, 2.24) is 14.5 Å². The standard InChI is InChI=1S/C16H19F2N3/c1-11-8-20(2)16(19-11)13-6-7-21(10-13)9-12-4-3-5-14(17)15(12)18/h3-5,8,13H,6-7,9-10H2,1-2H3/t13-/m0/s1. The van der Waals surface area contributed by atoms with Gasteiger partial charge in [0.2, 0.25) is 0 Å². The Kier molecular flexibility index (Phi) is 3.76. The number of benzene rings is 1. The van der Waals surface area contributed by atoms with Crippen LogP contribution in [0.4, 0.5) is 8.78 Å². The average molecular weight is 291 g/mol. The summed E-state index contributed by atoms with van der Waals surface area (Å²) in [4.78, 5) is 6.73. The fraction of sp³-hybridized carbons (Fsp3) is 0.438. The second-order valence-corrected chi connectivity index (χ2v) is 5.79. The van der Waals surface area contributed by atoms with E-state index in [1.165, 1.54) is 0 Å². The molecule has 0 N–H and O–H groups in total. The molecule has 1 aromatic heterocycles.